The number of halogens is 5. The first-order chi connectivity index (χ1) is 17.2. The van der Waals surface area contributed by atoms with Gasteiger partial charge in [-0.2, -0.15) is 22.0 Å². The Morgan fingerprint density at radius 3 is 2.19 bits per heavy atom. The van der Waals surface area contributed by atoms with Crippen molar-refractivity contribution in [2.75, 3.05) is 0 Å². The zero-order valence-corrected chi connectivity index (χ0v) is 22.1. The third kappa shape index (κ3) is 4.53. The van der Waals surface area contributed by atoms with Gasteiger partial charge in [-0.3, -0.25) is 0 Å². The van der Waals surface area contributed by atoms with E-state index in [9.17, 15) is 21.6 Å². The molecule has 5 rings (SSSR count). The van der Waals surface area contributed by atoms with Crippen molar-refractivity contribution in [1.29, 1.82) is 0 Å². The van der Waals surface area contributed by atoms with Crippen molar-refractivity contribution in [2.24, 2.45) is 46.7 Å². The van der Waals surface area contributed by atoms with E-state index < -0.39 is 39.1 Å². The molecule has 8 atom stereocenters. The van der Waals surface area contributed by atoms with Gasteiger partial charge < -0.3 is 5.73 Å². The third-order valence-electron chi connectivity index (χ3n) is 11.0. The lowest BCUT2D eigenvalue weighted by atomic mass is 9.47. The average molecular weight is 548 g/mol. The van der Waals surface area contributed by atoms with Gasteiger partial charge in [0.05, 0.1) is 10.8 Å². The molecule has 0 amide bonds. The van der Waals surface area contributed by atoms with Crippen LogP contribution in [0.15, 0.2) is 35.2 Å². The molecule has 0 radical (unpaired) electrons. The zero-order valence-electron chi connectivity index (χ0n) is 21.3. The summed E-state index contributed by atoms with van der Waals surface area (Å²) in [6.07, 6.45) is 0.736. The Balaban J connectivity index is 1.27. The minimum absolute atomic E-state index is 0.0138. The van der Waals surface area contributed by atoms with Crippen molar-refractivity contribution in [3.63, 3.8) is 0 Å². The second-order valence-electron chi connectivity index (χ2n) is 12.6. The van der Waals surface area contributed by atoms with Crippen LogP contribution in [0.3, 0.4) is 0 Å². The molecule has 2 N–H and O–H groups in total. The van der Waals surface area contributed by atoms with Crippen molar-refractivity contribution >= 4 is 9.84 Å². The maximum Gasteiger partial charge on any atom is 0.391 e. The summed E-state index contributed by atoms with van der Waals surface area (Å²) in [5, 5.41) is -3.83. The largest absolute Gasteiger partial charge is 0.391 e. The van der Waals surface area contributed by atoms with E-state index in [4.69, 9.17) is 5.73 Å². The van der Waals surface area contributed by atoms with Gasteiger partial charge in [0, 0.05) is 12.0 Å². The van der Waals surface area contributed by atoms with Gasteiger partial charge in [-0.1, -0.05) is 25.1 Å². The molecule has 0 aliphatic heterocycles. The van der Waals surface area contributed by atoms with Gasteiger partial charge in [0.2, 0.25) is 9.84 Å². The third-order valence-corrected chi connectivity index (χ3v) is 12.9. The van der Waals surface area contributed by atoms with E-state index in [-0.39, 0.29) is 41.4 Å². The Kier molecular flexibility index (Phi) is 6.78. The highest BCUT2D eigenvalue weighted by Gasteiger charge is 2.61. The van der Waals surface area contributed by atoms with E-state index in [0.717, 1.165) is 32.1 Å². The van der Waals surface area contributed by atoms with Crippen LogP contribution < -0.4 is 5.73 Å². The van der Waals surface area contributed by atoms with Gasteiger partial charge in [-0.25, -0.2) is 8.42 Å². The zero-order chi connectivity index (χ0) is 26.9. The molecular formula is C28H38F5NO2S. The maximum atomic E-state index is 15.0. The molecule has 0 bridgehead atoms. The molecule has 5 unspecified atom stereocenters. The maximum absolute atomic E-state index is 15.0. The van der Waals surface area contributed by atoms with Gasteiger partial charge in [-0.05, 0) is 111 Å². The van der Waals surface area contributed by atoms with E-state index in [1.165, 1.54) is 24.3 Å². The summed E-state index contributed by atoms with van der Waals surface area (Å²) >= 11 is 0. The molecular weight excluding hydrogens is 509 g/mol. The first kappa shape index (κ1) is 27.4. The van der Waals surface area contributed by atoms with Crippen LogP contribution in [0.1, 0.15) is 77.6 Å². The number of fused-ring (bicyclic) bond motifs is 5. The fourth-order valence-corrected chi connectivity index (χ4v) is 10.3. The number of hydrogen-bond acceptors (Lipinski definition) is 3. The smallest absolute Gasteiger partial charge is 0.325 e. The van der Waals surface area contributed by atoms with Crippen molar-refractivity contribution < 1.29 is 30.4 Å². The molecule has 3 nitrogen and oxygen atoms in total. The number of benzene rings is 1. The number of rotatable bonds is 5. The highest BCUT2D eigenvalue weighted by Crippen LogP contribution is 2.66. The van der Waals surface area contributed by atoms with E-state index in [0.29, 0.717) is 30.6 Å². The molecule has 0 aromatic heterocycles. The quantitative estimate of drug-likeness (QED) is 0.392. The van der Waals surface area contributed by atoms with Gasteiger partial charge in [0.25, 0.3) is 0 Å². The lowest BCUT2D eigenvalue weighted by Crippen LogP contribution is -2.61. The molecule has 37 heavy (non-hydrogen) atoms. The molecule has 4 fully saturated rings. The first-order valence-corrected chi connectivity index (χ1v) is 15.2. The number of nitrogens with two attached hydrogens (primary N) is 1. The molecule has 1 aromatic carbocycles. The Bertz CT molecular complexity index is 1090. The summed E-state index contributed by atoms with van der Waals surface area (Å²) in [5.74, 6) is -0.218. The summed E-state index contributed by atoms with van der Waals surface area (Å²) in [7, 11) is -4.76. The standard InChI is InChI=1S/C28H38F5NO2S/c1-25-14-12-22-21(13-15-26(34)17-19(28(31,32)33)8-10-24(22)26)23(25)9-7-18(25)11-16-27(29,30)37(35,36)20-5-3-2-4-6-20/h2-6,18-19,21-24H,7-17,34H2,1H3/t18?,19-,21?,22?,23?,24+,25+,26?/m0/s1. The highest BCUT2D eigenvalue weighted by atomic mass is 32.2. The Morgan fingerprint density at radius 2 is 1.51 bits per heavy atom. The first-order valence-electron chi connectivity index (χ1n) is 13.7. The summed E-state index contributed by atoms with van der Waals surface area (Å²) in [6, 6.07) is 6.90. The van der Waals surface area contributed by atoms with Crippen LogP contribution in [-0.4, -0.2) is 25.4 Å². The number of hydrogen-bond donors (Lipinski definition) is 1. The Morgan fingerprint density at radius 1 is 0.892 bits per heavy atom. The lowest BCUT2D eigenvalue weighted by molar-refractivity contribution is -0.199. The number of sulfone groups is 1. The molecule has 0 spiro atoms. The molecule has 9 heteroatoms. The molecule has 4 aliphatic carbocycles. The molecule has 4 aliphatic rings. The Hall–Kier alpha value is -1.22. The second-order valence-corrected chi connectivity index (χ2v) is 14.7. The van der Waals surface area contributed by atoms with E-state index >= 15 is 8.78 Å². The van der Waals surface area contributed by atoms with E-state index in [1.807, 2.05) is 0 Å². The summed E-state index contributed by atoms with van der Waals surface area (Å²) in [5.41, 5.74) is 5.79. The monoisotopic (exact) mass is 547 g/mol. The van der Waals surface area contributed by atoms with Crippen molar-refractivity contribution in [3.05, 3.63) is 30.3 Å². The average Bonchev–Trinajstić information content (AvgIpc) is 3.18. The van der Waals surface area contributed by atoms with Crippen molar-refractivity contribution in [3.8, 4) is 0 Å². The van der Waals surface area contributed by atoms with Crippen LogP contribution in [-0.2, 0) is 9.84 Å². The minimum atomic E-state index is -4.76. The van der Waals surface area contributed by atoms with E-state index in [2.05, 4.69) is 6.92 Å². The normalized spacial score (nSPS) is 40.5. The fraction of sp³-hybridized carbons (Fsp3) is 0.786. The number of alkyl halides is 5. The molecule has 1 aromatic rings. The predicted octanol–water partition coefficient (Wildman–Crippen LogP) is 7.36. The summed E-state index contributed by atoms with van der Waals surface area (Å²) in [6.45, 7) is 2.18. The highest BCUT2D eigenvalue weighted by molar-refractivity contribution is 7.92. The van der Waals surface area contributed by atoms with Crippen LogP contribution in [0.5, 0.6) is 0 Å². The predicted molar refractivity (Wildman–Crippen MR) is 131 cm³/mol. The SMILES string of the molecule is C[C@]12CCC3C(CCC4(N)C[C@@H](C(F)(F)F)CC[C@H]34)C1CCC2CCC(F)(F)S(=O)(=O)c1ccccc1. The van der Waals surface area contributed by atoms with Crippen LogP contribution in [0, 0.1) is 40.9 Å². The molecule has 0 heterocycles. The van der Waals surface area contributed by atoms with Crippen LogP contribution in [0.25, 0.3) is 0 Å². The molecule has 4 saturated carbocycles. The van der Waals surface area contributed by atoms with Gasteiger partial charge in [-0.15, -0.1) is 0 Å². The minimum Gasteiger partial charge on any atom is -0.325 e. The summed E-state index contributed by atoms with van der Waals surface area (Å²) in [4.78, 5) is -0.358. The van der Waals surface area contributed by atoms with Crippen LogP contribution in [0.2, 0.25) is 0 Å². The van der Waals surface area contributed by atoms with Crippen LogP contribution in [0.4, 0.5) is 22.0 Å². The second kappa shape index (κ2) is 9.17. The van der Waals surface area contributed by atoms with Gasteiger partial charge in [0.15, 0.2) is 0 Å². The summed E-state index contributed by atoms with van der Waals surface area (Å²) < 4.78 is 95.6. The van der Waals surface area contributed by atoms with E-state index in [1.54, 1.807) is 6.07 Å². The van der Waals surface area contributed by atoms with Crippen LogP contribution >= 0.6 is 0 Å². The lowest BCUT2D eigenvalue weighted by Gasteiger charge is -2.59. The van der Waals surface area contributed by atoms with Crippen molar-refractivity contribution in [1.82, 2.24) is 0 Å². The molecule has 0 saturated heterocycles. The fourth-order valence-electron chi connectivity index (χ4n) is 9.09. The van der Waals surface area contributed by atoms with Crippen molar-refractivity contribution in [2.45, 2.75) is 99.4 Å². The Labute approximate surface area is 216 Å². The van der Waals surface area contributed by atoms with Gasteiger partial charge in [0.1, 0.15) is 0 Å². The van der Waals surface area contributed by atoms with Gasteiger partial charge >= 0.3 is 11.4 Å². The topological polar surface area (TPSA) is 60.2 Å². The molecule has 208 valence electrons.